The van der Waals surface area contributed by atoms with Crippen molar-refractivity contribution in [3.05, 3.63) is 175 Å². The Kier molecular flexibility index (Phi) is 6.23. The van der Waals surface area contributed by atoms with Crippen LogP contribution in [0.2, 0.25) is 0 Å². The van der Waals surface area contributed by atoms with E-state index in [1.807, 2.05) is 18.2 Å². The van der Waals surface area contributed by atoms with E-state index in [0.29, 0.717) is 17.6 Å². The van der Waals surface area contributed by atoms with Gasteiger partial charge in [0.05, 0.1) is 22.1 Å². The summed E-state index contributed by atoms with van der Waals surface area (Å²) in [5.41, 5.74) is 12.5. The number of fused-ring (bicyclic) bond motifs is 9. The molecule has 3 aromatic heterocycles. The van der Waals surface area contributed by atoms with Crippen LogP contribution in [0, 0.1) is 0 Å². The molecule has 0 bridgehead atoms. The number of para-hydroxylation sites is 3. The lowest BCUT2D eigenvalue weighted by atomic mass is 9.82. The quantitative estimate of drug-likeness (QED) is 0.186. The minimum Gasteiger partial charge on any atom is -0.309 e. The summed E-state index contributed by atoms with van der Waals surface area (Å²) in [5.74, 6) is 1.85. The van der Waals surface area contributed by atoms with Crippen LogP contribution in [0.4, 0.5) is 0 Å². The van der Waals surface area contributed by atoms with Crippen LogP contribution in [0.25, 0.3) is 89.2 Å². The lowest BCUT2D eigenvalue weighted by Crippen LogP contribution is -2.15. The van der Waals surface area contributed by atoms with Gasteiger partial charge in [0.25, 0.3) is 0 Å². The second kappa shape index (κ2) is 11.1. The summed E-state index contributed by atoms with van der Waals surface area (Å²) in [6.07, 6.45) is 0. The molecule has 7 aromatic carbocycles. The summed E-state index contributed by atoms with van der Waals surface area (Å²) in [7, 11) is 0. The molecular formula is C48H33N5. The van der Waals surface area contributed by atoms with Crippen molar-refractivity contribution in [1.29, 1.82) is 0 Å². The van der Waals surface area contributed by atoms with Crippen LogP contribution < -0.4 is 0 Å². The number of benzene rings is 7. The molecule has 5 heteroatoms. The molecule has 0 saturated carbocycles. The molecule has 0 aliphatic heterocycles. The Morgan fingerprint density at radius 2 is 0.962 bits per heavy atom. The Morgan fingerprint density at radius 3 is 1.68 bits per heavy atom. The third-order valence-corrected chi connectivity index (χ3v) is 11.2. The van der Waals surface area contributed by atoms with Crippen molar-refractivity contribution >= 4 is 43.6 Å². The van der Waals surface area contributed by atoms with Crippen LogP contribution >= 0.6 is 0 Å². The van der Waals surface area contributed by atoms with E-state index in [2.05, 4.69) is 169 Å². The third kappa shape index (κ3) is 4.34. The van der Waals surface area contributed by atoms with Crippen molar-refractivity contribution in [3.8, 4) is 45.5 Å². The lowest BCUT2D eigenvalue weighted by Gasteiger charge is -2.21. The average molecular weight is 680 g/mol. The fourth-order valence-electron chi connectivity index (χ4n) is 8.67. The Labute approximate surface area is 306 Å². The summed E-state index contributed by atoms with van der Waals surface area (Å²) in [4.78, 5) is 15.7. The first kappa shape index (κ1) is 29.8. The van der Waals surface area contributed by atoms with Gasteiger partial charge in [-0.1, -0.05) is 135 Å². The smallest absolute Gasteiger partial charge is 0.238 e. The van der Waals surface area contributed by atoms with E-state index in [4.69, 9.17) is 15.0 Å². The highest BCUT2D eigenvalue weighted by molar-refractivity contribution is 6.12. The predicted molar refractivity (Wildman–Crippen MR) is 217 cm³/mol. The van der Waals surface area contributed by atoms with Crippen LogP contribution in [0.5, 0.6) is 0 Å². The molecule has 5 nitrogen and oxygen atoms in total. The maximum atomic E-state index is 5.32. The summed E-state index contributed by atoms with van der Waals surface area (Å²) >= 11 is 0. The molecule has 10 aromatic rings. The van der Waals surface area contributed by atoms with Gasteiger partial charge in [-0.05, 0) is 64.7 Å². The summed E-state index contributed by atoms with van der Waals surface area (Å²) in [6.45, 7) is 4.66. The molecule has 250 valence electrons. The number of hydrogen-bond acceptors (Lipinski definition) is 3. The van der Waals surface area contributed by atoms with E-state index < -0.39 is 0 Å². The highest BCUT2D eigenvalue weighted by atomic mass is 15.2. The number of nitrogens with zero attached hydrogens (tertiary/aromatic N) is 5. The molecule has 1 aliphatic carbocycles. The van der Waals surface area contributed by atoms with Crippen LogP contribution in [0.1, 0.15) is 25.0 Å². The Bertz CT molecular complexity index is 3040. The zero-order valence-corrected chi connectivity index (χ0v) is 29.3. The molecule has 1 aliphatic rings. The van der Waals surface area contributed by atoms with Gasteiger partial charge in [0.1, 0.15) is 0 Å². The molecular weight excluding hydrogens is 647 g/mol. The Balaban J connectivity index is 1.17. The molecule has 3 heterocycles. The van der Waals surface area contributed by atoms with Crippen molar-refractivity contribution in [2.45, 2.75) is 19.3 Å². The largest absolute Gasteiger partial charge is 0.309 e. The Hall–Kier alpha value is -6.85. The highest BCUT2D eigenvalue weighted by Crippen LogP contribution is 2.51. The number of rotatable bonds is 4. The van der Waals surface area contributed by atoms with Gasteiger partial charge in [-0.3, -0.25) is 4.57 Å². The van der Waals surface area contributed by atoms with Gasteiger partial charge >= 0.3 is 0 Å². The molecule has 0 amide bonds. The van der Waals surface area contributed by atoms with Crippen LogP contribution in [-0.4, -0.2) is 24.1 Å². The summed E-state index contributed by atoms with van der Waals surface area (Å²) in [5, 5.41) is 4.81. The number of hydrogen-bond donors (Lipinski definition) is 0. The van der Waals surface area contributed by atoms with Gasteiger partial charge in [-0.25, -0.2) is 4.98 Å². The molecule has 11 rings (SSSR count). The van der Waals surface area contributed by atoms with Gasteiger partial charge in [-0.2, -0.15) is 9.97 Å². The van der Waals surface area contributed by atoms with E-state index >= 15 is 0 Å². The summed E-state index contributed by atoms with van der Waals surface area (Å²) < 4.78 is 4.57. The van der Waals surface area contributed by atoms with Gasteiger partial charge in [0.15, 0.2) is 11.6 Å². The fourth-order valence-corrected chi connectivity index (χ4v) is 8.67. The minimum absolute atomic E-state index is 0.145. The van der Waals surface area contributed by atoms with E-state index in [0.717, 1.165) is 38.9 Å². The first-order valence-electron chi connectivity index (χ1n) is 18.1. The minimum atomic E-state index is -0.145. The zero-order valence-electron chi connectivity index (χ0n) is 29.3. The molecule has 0 spiro atoms. The van der Waals surface area contributed by atoms with Gasteiger partial charge in [-0.15, -0.1) is 0 Å². The van der Waals surface area contributed by atoms with Crippen molar-refractivity contribution in [1.82, 2.24) is 24.1 Å². The monoisotopic (exact) mass is 679 g/mol. The third-order valence-electron chi connectivity index (χ3n) is 11.2. The van der Waals surface area contributed by atoms with Crippen LogP contribution in [-0.2, 0) is 5.41 Å². The van der Waals surface area contributed by atoms with Crippen molar-refractivity contribution in [3.63, 3.8) is 0 Å². The maximum absolute atomic E-state index is 5.32. The molecule has 53 heavy (non-hydrogen) atoms. The standard InChI is InChI=1S/C48H33N5/c1-48(2)39-23-10-6-19-33(39)37-28-38-36-22-9-13-26-43(36)53(44(38)29-40(37)48)47-50-45(30-15-4-3-5-16-30)49-46(51-47)31-17-14-18-32(27-31)52-41-24-11-7-20-34(41)35-21-8-12-25-42(35)52/h3-29H,1-2H3. The normalized spacial score (nSPS) is 13.2. The van der Waals surface area contributed by atoms with E-state index in [-0.39, 0.29) is 5.41 Å². The topological polar surface area (TPSA) is 48.5 Å². The lowest BCUT2D eigenvalue weighted by molar-refractivity contribution is 0.661. The first-order valence-corrected chi connectivity index (χ1v) is 18.1. The average Bonchev–Trinajstić information content (AvgIpc) is 3.80. The molecule has 0 atom stereocenters. The maximum Gasteiger partial charge on any atom is 0.238 e. The second-order valence-electron chi connectivity index (χ2n) is 14.5. The van der Waals surface area contributed by atoms with E-state index in [1.54, 1.807) is 0 Å². The van der Waals surface area contributed by atoms with Crippen LogP contribution in [0.15, 0.2) is 164 Å². The first-order chi connectivity index (χ1) is 26.0. The van der Waals surface area contributed by atoms with Crippen molar-refractivity contribution in [2.75, 3.05) is 0 Å². The van der Waals surface area contributed by atoms with Gasteiger partial charge in [0, 0.05) is 43.8 Å². The zero-order chi connectivity index (χ0) is 35.3. The predicted octanol–water partition coefficient (Wildman–Crippen LogP) is 11.7. The molecule has 0 unspecified atom stereocenters. The Morgan fingerprint density at radius 1 is 0.396 bits per heavy atom. The fraction of sp³-hybridized carbons (Fsp3) is 0.0625. The van der Waals surface area contributed by atoms with Gasteiger partial charge in [0.2, 0.25) is 5.95 Å². The van der Waals surface area contributed by atoms with Crippen molar-refractivity contribution < 1.29 is 0 Å². The summed E-state index contributed by atoms with van der Waals surface area (Å²) in [6, 6.07) is 58.2. The molecule has 0 fully saturated rings. The number of aromatic nitrogens is 5. The highest BCUT2D eigenvalue weighted by Gasteiger charge is 2.36. The molecule has 0 saturated heterocycles. The second-order valence-corrected chi connectivity index (χ2v) is 14.5. The van der Waals surface area contributed by atoms with E-state index in [1.165, 1.54) is 43.8 Å². The van der Waals surface area contributed by atoms with Crippen molar-refractivity contribution in [2.24, 2.45) is 0 Å². The molecule has 0 N–H and O–H groups in total. The van der Waals surface area contributed by atoms with E-state index in [9.17, 15) is 0 Å². The van der Waals surface area contributed by atoms with Gasteiger partial charge < -0.3 is 4.57 Å². The van der Waals surface area contributed by atoms with Crippen LogP contribution in [0.3, 0.4) is 0 Å². The SMILES string of the molecule is CC1(C)c2ccccc2-c2cc3c4ccccc4n(-c4nc(-c5ccccc5)nc(-c5cccc(-n6c7ccccc7c7ccccc76)c5)n4)c3cc21. The molecule has 0 radical (unpaired) electrons.